The van der Waals surface area contributed by atoms with E-state index in [0.717, 1.165) is 28.3 Å². The number of rotatable bonds is 4. The Bertz CT molecular complexity index is 1060. The van der Waals surface area contributed by atoms with Crippen molar-refractivity contribution in [1.82, 2.24) is 4.57 Å². The lowest BCUT2D eigenvalue weighted by atomic mass is 10.2. The van der Waals surface area contributed by atoms with E-state index in [1.54, 1.807) is 12.1 Å². The summed E-state index contributed by atoms with van der Waals surface area (Å²) in [6.45, 7) is 6.06. The first-order valence-corrected chi connectivity index (χ1v) is 9.73. The molecule has 1 aromatic heterocycles. The molecule has 5 nitrogen and oxygen atoms in total. The van der Waals surface area contributed by atoms with Gasteiger partial charge in [0.15, 0.2) is 0 Å². The second-order valence-electron chi connectivity index (χ2n) is 6.29. The largest absolute Gasteiger partial charge is 0.318 e. The van der Waals surface area contributed by atoms with E-state index >= 15 is 0 Å². The van der Waals surface area contributed by atoms with Gasteiger partial charge in [0.05, 0.1) is 10.6 Å². The summed E-state index contributed by atoms with van der Waals surface area (Å²) in [5.41, 5.74) is 6.06. The average molecular weight is 367 g/mol. The van der Waals surface area contributed by atoms with Crippen LogP contribution in [0.15, 0.2) is 64.5 Å². The topological polar surface area (TPSA) is 77.5 Å². The first kappa shape index (κ1) is 18.1. The van der Waals surface area contributed by atoms with E-state index in [9.17, 15) is 8.42 Å². The first-order valence-electron chi connectivity index (χ1n) is 8.18. The smallest absolute Gasteiger partial charge is 0.238 e. The molecule has 1 heterocycles. The summed E-state index contributed by atoms with van der Waals surface area (Å²) in [6.07, 6.45) is 1.85. The molecule has 0 aliphatic heterocycles. The minimum Gasteiger partial charge on any atom is -0.318 e. The molecule has 0 spiro atoms. The maximum Gasteiger partial charge on any atom is 0.238 e. The highest BCUT2D eigenvalue weighted by atomic mass is 32.2. The van der Waals surface area contributed by atoms with Crippen molar-refractivity contribution in [3.8, 4) is 5.69 Å². The van der Waals surface area contributed by atoms with E-state index < -0.39 is 10.0 Å². The van der Waals surface area contributed by atoms with Crippen LogP contribution in [0.2, 0.25) is 0 Å². The van der Waals surface area contributed by atoms with Crippen molar-refractivity contribution in [2.75, 3.05) is 0 Å². The van der Waals surface area contributed by atoms with Crippen molar-refractivity contribution in [2.45, 2.75) is 25.7 Å². The van der Waals surface area contributed by atoms with Crippen molar-refractivity contribution in [1.29, 1.82) is 0 Å². The molecule has 0 atom stereocenters. The SMILES string of the molecule is Cc1ccc(N=Cc2cc(C)n(-c3ccc(S(N)(=O)=O)cc3)c2C)cc1. The third-order valence-electron chi connectivity index (χ3n) is 4.28. The summed E-state index contributed by atoms with van der Waals surface area (Å²) in [5.74, 6) is 0. The van der Waals surface area contributed by atoms with E-state index in [4.69, 9.17) is 5.14 Å². The average Bonchev–Trinajstić information content (AvgIpc) is 2.87. The predicted octanol–water partition coefficient (Wildman–Crippen LogP) is 3.80. The number of aryl methyl sites for hydroxylation is 2. The van der Waals surface area contributed by atoms with Gasteiger partial charge in [-0.3, -0.25) is 4.99 Å². The number of hydrogen-bond donors (Lipinski definition) is 1. The quantitative estimate of drug-likeness (QED) is 0.712. The van der Waals surface area contributed by atoms with Gasteiger partial charge in [-0.1, -0.05) is 17.7 Å². The third kappa shape index (κ3) is 3.76. The maximum atomic E-state index is 11.4. The Labute approximate surface area is 153 Å². The highest BCUT2D eigenvalue weighted by Gasteiger charge is 2.11. The van der Waals surface area contributed by atoms with Gasteiger partial charge in [0.2, 0.25) is 10.0 Å². The predicted molar refractivity (Wildman–Crippen MR) is 105 cm³/mol. The lowest BCUT2D eigenvalue weighted by molar-refractivity contribution is 0.598. The summed E-state index contributed by atoms with van der Waals surface area (Å²) in [5, 5.41) is 5.16. The Morgan fingerprint density at radius 1 is 0.962 bits per heavy atom. The van der Waals surface area contributed by atoms with Gasteiger partial charge in [-0.05, 0) is 63.2 Å². The zero-order valence-corrected chi connectivity index (χ0v) is 15.8. The fourth-order valence-corrected chi connectivity index (χ4v) is 3.39. The van der Waals surface area contributed by atoms with E-state index in [0.29, 0.717) is 0 Å². The van der Waals surface area contributed by atoms with Crippen LogP contribution in [0.3, 0.4) is 0 Å². The summed E-state index contributed by atoms with van der Waals surface area (Å²) in [7, 11) is -3.69. The van der Waals surface area contributed by atoms with Crippen molar-refractivity contribution in [3.63, 3.8) is 0 Å². The molecule has 0 unspecified atom stereocenters. The molecule has 0 fully saturated rings. The van der Waals surface area contributed by atoms with Crippen LogP contribution in [0.5, 0.6) is 0 Å². The number of nitrogens with zero attached hydrogens (tertiary/aromatic N) is 2. The van der Waals surface area contributed by atoms with Crippen LogP contribution in [0.1, 0.15) is 22.5 Å². The van der Waals surface area contributed by atoms with E-state index in [1.807, 2.05) is 51.3 Å². The number of aliphatic imine (C=N–C) groups is 1. The van der Waals surface area contributed by atoms with Gasteiger partial charge >= 0.3 is 0 Å². The molecule has 3 aromatic rings. The number of primary sulfonamides is 1. The summed E-state index contributed by atoms with van der Waals surface area (Å²) in [6, 6.07) is 16.6. The molecular weight excluding hydrogens is 346 g/mol. The molecule has 2 N–H and O–H groups in total. The van der Waals surface area contributed by atoms with E-state index in [1.165, 1.54) is 17.7 Å². The summed E-state index contributed by atoms with van der Waals surface area (Å²) >= 11 is 0. The van der Waals surface area contributed by atoms with Crippen LogP contribution in [-0.2, 0) is 10.0 Å². The van der Waals surface area contributed by atoms with E-state index in [2.05, 4.69) is 15.6 Å². The summed E-state index contributed by atoms with van der Waals surface area (Å²) < 4.78 is 24.9. The third-order valence-corrected chi connectivity index (χ3v) is 5.21. The Kier molecular flexibility index (Phi) is 4.80. The number of aromatic nitrogens is 1. The Morgan fingerprint density at radius 3 is 2.15 bits per heavy atom. The van der Waals surface area contributed by atoms with E-state index in [-0.39, 0.29) is 4.90 Å². The maximum absolute atomic E-state index is 11.4. The molecule has 0 amide bonds. The number of hydrogen-bond acceptors (Lipinski definition) is 3. The van der Waals surface area contributed by atoms with Gasteiger partial charge in [-0.25, -0.2) is 13.6 Å². The molecule has 0 radical (unpaired) electrons. The van der Waals surface area contributed by atoms with Crippen LogP contribution in [0, 0.1) is 20.8 Å². The molecular formula is C20H21N3O2S. The normalized spacial score (nSPS) is 12.0. The Morgan fingerprint density at radius 2 is 1.58 bits per heavy atom. The fraction of sp³-hybridized carbons (Fsp3) is 0.150. The minimum atomic E-state index is -3.69. The van der Waals surface area contributed by atoms with Gasteiger partial charge in [-0.2, -0.15) is 0 Å². The van der Waals surface area contributed by atoms with Crippen LogP contribution in [-0.4, -0.2) is 19.2 Å². The van der Waals surface area contributed by atoms with Crippen molar-refractivity contribution in [3.05, 3.63) is 77.1 Å². The minimum absolute atomic E-state index is 0.102. The second-order valence-corrected chi connectivity index (χ2v) is 7.86. The molecule has 0 saturated carbocycles. The van der Waals surface area contributed by atoms with Gasteiger partial charge in [0.1, 0.15) is 0 Å². The monoisotopic (exact) mass is 367 g/mol. The molecule has 0 aliphatic rings. The number of benzene rings is 2. The molecule has 134 valence electrons. The Balaban J connectivity index is 1.94. The van der Waals surface area contributed by atoms with Crippen LogP contribution in [0.25, 0.3) is 5.69 Å². The standard InChI is InChI=1S/C20H21N3O2S/c1-14-4-6-18(7-5-14)22-13-17-12-15(2)23(16(17)3)19-8-10-20(11-9-19)26(21,24)25/h4-13H,1-3H3,(H2,21,24,25). The van der Waals surface area contributed by atoms with Gasteiger partial charge in [0, 0.05) is 28.9 Å². The zero-order chi connectivity index (χ0) is 18.9. The molecule has 0 saturated heterocycles. The summed E-state index contributed by atoms with van der Waals surface area (Å²) in [4.78, 5) is 4.64. The van der Waals surface area contributed by atoms with Crippen LogP contribution < -0.4 is 5.14 Å². The second kappa shape index (κ2) is 6.90. The van der Waals surface area contributed by atoms with Gasteiger partial charge in [0.25, 0.3) is 0 Å². The van der Waals surface area contributed by atoms with Crippen LogP contribution >= 0.6 is 0 Å². The lowest BCUT2D eigenvalue weighted by Gasteiger charge is -2.10. The van der Waals surface area contributed by atoms with Crippen molar-refractivity contribution >= 4 is 21.9 Å². The zero-order valence-electron chi connectivity index (χ0n) is 15.0. The molecule has 0 bridgehead atoms. The highest BCUT2D eigenvalue weighted by Crippen LogP contribution is 2.22. The van der Waals surface area contributed by atoms with Gasteiger partial charge in [-0.15, -0.1) is 0 Å². The molecule has 3 rings (SSSR count). The molecule has 6 heteroatoms. The van der Waals surface area contributed by atoms with Gasteiger partial charge < -0.3 is 4.57 Å². The molecule has 0 aliphatic carbocycles. The first-order chi connectivity index (χ1) is 12.3. The lowest BCUT2D eigenvalue weighted by Crippen LogP contribution is -2.12. The molecule has 2 aromatic carbocycles. The van der Waals surface area contributed by atoms with Crippen molar-refractivity contribution in [2.24, 2.45) is 10.1 Å². The van der Waals surface area contributed by atoms with Crippen molar-refractivity contribution < 1.29 is 8.42 Å². The van der Waals surface area contributed by atoms with Crippen LogP contribution in [0.4, 0.5) is 5.69 Å². The fourth-order valence-electron chi connectivity index (χ4n) is 2.88. The number of nitrogens with two attached hydrogens (primary N) is 1. The molecule has 26 heavy (non-hydrogen) atoms. The number of sulfonamides is 1. The highest BCUT2D eigenvalue weighted by molar-refractivity contribution is 7.89. The Hall–Kier alpha value is -2.70.